The summed E-state index contributed by atoms with van der Waals surface area (Å²) in [5.41, 5.74) is 12.7. The number of hydrogen-bond acceptors (Lipinski definition) is 4. The number of nitrogen functional groups attached to an aromatic ring is 1. The Labute approximate surface area is 120 Å². The van der Waals surface area contributed by atoms with Gasteiger partial charge in [0.15, 0.2) is 0 Å². The molecule has 0 bridgehead atoms. The molecule has 2 amide bonds. The molecule has 1 heterocycles. The van der Waals surface area contributed by atoms with Gasteiger partial charge in [-0.3, -0.25) is 9.59 Å². The molecule has 0 unspecified atom stereocenters. The van der Waals surface area contributed by atoms with E-state index in [4.69, 9.17) is 11.5 Å². The Morgan fingerprint density at radius 2 is 2.10 bits per heavy atom. The van der Waals surface area contributed by atoms with Gasteiger partial charge in [0.05, 0.1) is 5.69 Å². The summed E-state index contributed by atoms with van der Waals surface area (Å²) in [6.45, 7) is 2.40. The molecule has 0 radical (unpaired) electrons. The van der Waals surface area contributed by atoms with E-state index in [-0.39, 0.29) is 18.2 Å². The molecule has 2 rings (SSSR count). The summed E-state index contributed by atoms with van der Waals surface area (Å²) >= 11 is 1.39. The van der Waals surface area contributed by atoms with Gasteiger partial charge >= 0.3 is 0 Å². The highest BCUT2D eigenvalue weighted by Crippen LogP contribution is 2.35. The first kappa shape index (κ1) is 14.3. The zero-order chi connectivity index (χ0) is 14.7. The molecule has 1 aromatic carbocycles. The normalized spacial score (nSPS) is 10.7. The third-order valence-corrected chi connectivity index (χ3v) is 4.40. The van der Waals surface area contributed by atoms with Gasteiger partial charge in [0.2, 0.25) is 5.91 Å². The molecule has 0 aliphatic rings. The highest BCUT2D eigenvalue weighted by molar-refractivity contribution is 7.21. The molecule has 0 saturated carbocycles. The molecule has 0 saturated heterocycles. The van der Waals surface area contributed by atoms with Crippen molar-refractivity contribution in [3.8, 4) is 0 Å². The van der Waals surface area contributed by atoms with Crippen molar-refractivity contribution in [3.63, 3.8) is 0 Å². The zero-order valence-corrected chi connectivity index (χ0v) is 12.0. The van der Waals surface area contributed by atoms with Gasteiger partial charge in [-0.2, -0.15) is 0 Å². The third-order valence-electron chi connectivity index (χ3n) is 3.04. The minimum atomic E-state index is -0.365. The number of fused-ring (bicyclic) bond motifs is 1. The third kappa shape index (κ3) is 2.91. The summed E-state index contributed by atoms with van der Waals surface area (Å²) in [6.07, 6.45) is 0.798. The van der Waals surface area contributed by atoms with Crippen molar-refractivity contribution in [3.05, 3.63) is 28.6 Å². The molecule has 0 fully saturated rings. The van der Waals surface area contributed by atoms with Crippen molar-refractivity contribution in [2.24, 2.45) is 5.73 Å². The first-order valence-corrected chi connectivity index (χ1v) is 7.16. The van der Waals surface area contributed by atoms with Crippen LogP contribution in [0.25, 0.3) is 10.1 Å². The lowest BCUT2D eigenvalue weighted by Gasteiger charge is -2.03. The van der Waals surface area contributed by atoms with Crippen LogP contribution in [0.5, 0.6) is 0 Å². The molecule has 0 spiro atoms. The quantitative estimate of drug-likeness (QED) is 0.732. The van der Waals surface area contributed by atoms with Crippen LogP contribution in [-0.4, -0.2) is 18.4 Å². The van der Waals surface area contributed by atoms with E-state index in [1.54, 1.807) is 0 Å². The Morgan fingerprint density at radius 3 is 2.75 bits per heavy atom. The first-order chi connectivity index (χ1) is 9.50. The number of anilines is 1. The first-order valence-electron chi connectivity index (χ1n) is 6.34. The number of carbonyl (C=O) groups is 2. The van der Waals surface area contributed by atoms with E-state index in [9.17, 15) is 9.59 Å². The number of benzene rings is 1. The summed E-state index contributed by atoms with van der Waals surface area (Å²) in [6, 6.07) is 5.83. The van der Waals surface area contributed by atoms with Gasteiger partial charge in [-0.15, -0.1) is 11.3 Å². The smallest absolute Gasteiger partial charge is 0.263 e. The van der Waals surface area contributed by atoms with E-state index in [1.165, 1.54) is 11.3 Å². The lowest BCUT2D eigenvalue weighted by Crippen LogP contribution is -2.25. The van der Waals surface area contributed by atoms with Gasteiger partial charge in [-0.05, 0) is 18.9 Å². The molecule has 20 heavy (non-hydrogen) atoms. The average Bonchev–Trinajstić information content (AvgIpc) is 2.74. The highest BCUT2D eigenvalue weighted by atomic mass is 32.1. The minimum Gasteiger partial charge on any atom is -0.397 e. The number of thiophene rings is 1. The van der Waals surface area contributed by atoms with E-state index >= 15 is 0 Å². The number of aryl methyl sites for hydroxylation is 1. The van der Waals surface area contributed by atoms with E-state index < -0.39 is 0 Å². The van der Waals surface area contributed by atoms with Crippen molar-refractivity contribution in [1.82, 2.24) is 5.32 Å². The maximum absolute atomic E-state index is 12.1. The molecule has 0 aliphatic carbocycles. The van der Waals surface area contributed by atoms with Crippen molar-refractivity contribution >= 4 is 38.9 Å². The van der Waals surface area contributed by atoms with Crippen molar-refractivity contribution in [1.29, 1.82) is 0 Å². The fourth-order valence-electron chi connectivity index (χ4n) is 1.99. The summed E-state index contributed by atoms with van der Waals surface area (Å²) in [4.78, 5) is 23.2. The predicted octanol–water partition coefficient (Wildman–Crippen LogP) is 1.79. The van der Waals surface area contributed by atoms with Gasteiger partial charge in [-0.25, -0.2) is 0 Å². The largest absolute Gasteiger partial charge is 0.397 e. The molecule has 6 heteroatoms. The Balaban J connectivity index is 2.12. The number of carbonyl (C=O) groups excluding carboxylic acids is 2. The average molecular weight is 291 g/mol. The lowest BCUT2D eigenvalue weighted by atomic mass is 10.1. The molecule has 0 aliphatic heterocycles. The van der Waals surface area contributed by atoms with Crippen LogP contribution in [0.1, 0.15) is 28.1 Å². The second kappa shape index (κ2) is 5.92. The number of nitrogens with two attached hydrogens (primary N) is 2. The Hall–Kier alpha value is -2.08. The van der Waals surface area contributed by atoms with Crippen molar-refractivity contribution in [2.75, 3.05) is 12.3 Å². The van der Waals surface area contributed by atoms with Crippen LogP contribution in [0.15, 0.2) is 18.2 Å². The second-order valence-corrected chi connectivity index (χ2v) is 5.64. The standard InChI is InChI=1S/C14H17N3O2S/c1-8-4-2-5-9-11(16)13(20-12(8)9)14(19)17-7-3-6-10(15)18/h2,4-5H,3,6-7,16H2,1H3,(H2,15,18)(H,17,19). The minimum absolute atomic E-state index is 0.201. The number of hydrogen-bond donors (Lipinski definition) is 3. The summed E-state index contributed by atoms with van der Waals surface area (Å²) in [5, 5.41) is 3.67. The van der Waals surface area contributed by atoms with Gasteiger partial charge in [-0.1, -0.05) is 18.2 Å². The van der Waals surface area contributed by atoms with Crippen LogP contribution in [-0.2, 0) is 4.79 Å². The fourth-order valence-corrected chi connectivity index (χ4v) is 3.10. The molecule has 5 nitrogen and oxygen atoms in total. The summed E-state index contributed by atoms with van der Waals surface area (Å²) in [7, 11) is 0. The number of rotatable bonds is 5. The maximum atomic E-state index is 12.1. The fraction of sp³-hybridized carbons (Fsp3) is 0.286. The molecule has 106 valence electrons. The van der Waals surface area contributed by atoms with Crippen molar-refractivity contribution < 1.29 is 9.59 Å². The van der Waals surface area contributed by atoms with Crippen LogP contribution in [0.4, 0.5) is 5.69 Å². The zero-order valence-electron chi connectivity index (χ0n) is 11.2. The van der Waals surface area contributed by atoms with Gasteiger partial charge in [0.25, 0.3) is 5.91 Å². The van der Waals surface area contributed by atoms with E-state index in [2.05, 4.69) is 5.32 Å². The van der Waals surface area contributed by atoms with Crippen LogP contribution in [0.3, 0.4) is 0 Å². The lowest BCUT2D eigenvalue weighted by molar-refractivity contribution is -0.118. The summed E-state index contributed by atoms with van der Waals surface area (Å²) < 4.78 is 1.03. The second-order valence-electron chi connectivity index (χ2n) is 4.62. The van der Waals surface area contributed by atoms with Crippen LogP contribution in [0.2, 0.25) is 0 Å². The topological polar surface area (TPSA) is 98.2 Å². The van der Waals surface area contributed by atoms with Crippen LogP contribution < -0.4 is 16.8 Å². The Kier molecular flexibility index (Phi) is 4.24. The molecule has 2 aromatic rings. The van der Waals surface area contributed by atoms with E-state index in [1.807, 2.05) is 25.1 Å². The molecular weight excluding hydrogens is 274 g/mol. The summed E-state index contributed by atoms with van der Waals surface area (Å²) in [5.74, 6) is -0.566. The number of nitrogens with one attached hydrogen (secondary N) is 1. The van der Waals surface area contributed by atoms with Gasteiger partial charge in [0, 0.05) is 23.1 Å². The van der Waals surface area contributed by atoms with Crippen LogP contribution >= 0.6 is 11.3 Å². The van der Waals surface area contributed by atoms with E-state index in [0.29, 0.717) is 23.5 Å². The number of amides is 2. The molecular formula is C14H17N3O2S. The molecule has 1 aromatic heterocycles. The monoisotopic (exact) mass is 291 g/mol. The molecule has 0 atom stereocenters. The van der Waals surface area contributed by atoms with Gasteiger partial charge < -0.3 is 16.8 Å². The Bertz CT molecular complexity index is 664. The maximum Gasteiger partial charge on any atom is 0.263 e. The van der Waals surface area contributed by atoms with Crippen LogP contribution in [0, 0.1) is 6.92 Å². The predicted molar refractivity (Wildman–Crippen MR) is 81.7 cm³/mol. The SMILES string of the molecule is Cc1cccc2c(N)c(C(=O)NCCCC(N)=O)sc12. The number of primary amides is 1. The molecule has 5 N–H and O–H groups in total. The Morgan fingerprint density at radius 1 is 1.35 bits per heavy atom. The van der Waals surface area contributed by atoms with E-state index in [0.717, 1.165) is 15.6 Å². The van der Waals surface area contributed by atoms with Crippen molar-refractivity contribution in [2.45, 2.75) is 19.8 Å². The highest BCUT2D eigenvalue weighted by Gasteiger charge is 2.16. The van der Waals surface area contributed by atoms with Gasteiger partial charge in [0.1, 0.15) is 4.88 Å².